The van der Waals surface area contributed by atoms with Crippen LogP contribution in [0.4, 0.5) is 18.9 Å². The second-order valence-electron chi connectivity index (χ2n) is 5.01. The van der Waals surface area contributed by atoms with E-state index in [4.69, 9.17) is 0 Å². The Morgan fingerprint density at radius 2 is 1.83 bits per heavy atom. The van der Waals surface area contributed by atoms with Gasteiger partial charge in [0, 0.05) is 6.04 Å². The quantitative estimate of drug-likeness (QED) is 0.804. The SMILES string of the molecule is CC(C)n1nncc1S(=O)(=O)N(CC(F)F)c1ccc(F)cc1. The van der Waals surface area contributed by atoms with Crippen LogP contribution in [0.25, 0.3) is 0 Å². The van der Waals surface area contributed by atoms with Gasteiger partial charge in [0.2, 0.25) is 0 Å². The van der Waals surface area contributed by atoms with Gasteiger partial charge in [-0.2, -0.15) is 8.42 Å². The summed E-state index contributed by atoms with van der Waals surface area (Å²) in [5, 5.41) is 6.90. The van der Waals surface area contributed by atoms with E-state index in [1.165, 1.54) is 0 Å². The first-order chi connectivity index (χ1) is 10.7. The Hall–Kier alpha value is -2.10. The number of rotatable bonds is 6. The van der Waals surface area contributed by atoms with Crippen LogP contribution in [0.3, 0.4) is 0 Å². The number of benzene rings is 1. The fourth-order valence-corrected chi connectivity index (χ4v) is 3.56. The first-order valence-electron chi connectivity index (χ1n) is 6.70. The van der Waals surface area contributed by atoms with E-state index < -0.39 is 28.8 Å². The van der Waals surface area contributed by atoms with Gasteiger partial charge in [-0.1, -0.05) is 5.21 Å². The molecule has 0 amide bonds. The average Bonchev–Trinajstić information content (AvgIpc) is 2.96. The lowest BCUT2D eigenvalue weighted by molar-refractivity contribution is 0.159. The maximum Gasteiger partial charge on any atom is 0.283 e. The van der Waals surface area contributed by atoms with Gasteiger partial charge in [-0.15, -0.1) is 5.10 Å². The molecule has 2 aromatic rings. The van der Waals surface area contributed by atoms with Gasteiger partial charge in [-0.05, 0) is 38.1 Å². The summed E-state index contributed by atoms with van der Waals surface area (Å²) in [5.74, 6) is -0.600. The fourth-order valence-electron chi connectivity index (χ4n) is 1.96. The molecule has 1 heterocycles. The van der Waals surface area contributed by atoms with E-state index in [2.05, 4.69) is 10.3 Å². The van der Waals surface area contributed by atoms with Crippen molar-refractivity contribution in [3.8, 4) is 0 Å². The van der Waals surface area contributed by atoms with Crippen LogP contribution in [0.2, 0.25) is 0 Å². The Morgan fingerprint density at radius 1 is 1.22 bits per heavy atom. The number of anilines is 1. The first-order valence-corrected chi connectivity index (χ1v) is 8.14. The van der Waals surface area contributed by atoms with Gasteiger partial charge in [0.05, 0.1) is 18.4 Å². The monoisotopic (exact) mass is 348 g/mol. The lowest BCUT2D eigenvalue weighted by atomic mass is 10.3. The van der Waals surface area contributed by atoms with E-state index in [1.54, 1.807) is 13.8 Å². The lowest BCUT2D eigenvalue weighted by Gasteiger charge is -2.24. The van der Waals surface area contributed by atoms with E-state index in [0.29, 0.717) is 4.31 Å². The smallest absolute Gasteiger partial charge is 0.259 e. The summed E-state index contributed by atoms with van der Waals surface area (Å²) in [6.07, 6.45) is -1.91. The van der Waals surface area contributed by atoms with Gasteiger partial charge >= 0.3 is 0 Å². The standard InChI is InChI=1S/C13H15F3N4O2S/c1-9(2)20-13(7-17-18-20)23(21,22)19(8-12(15)16)11-5-3-10(14)4-6-11/h3-7,9,12H,8H2,1-2H3. The van der Waals surface area contributed by atoms with Crippen LogP contribution in [0, 0.1) is 5.82 Å². The van der Waals surface area contributed by atoms with Crippen molar-refractivity contribution >= 4 is 15.7 Å². The van der Waals surface area contributed by atoms with Crippen molar-refractivity contribution in [1.82, 2.24) is 15.0 Å². The van der Waals surface area contributed by atoms with Crippen molar-refractivity contribution in [2.45, 2.75) is 31.3 Å². The van der Waals surface area contributed by atoms with Crippen LogP contribution in [0.5, 0.6) is 0 Å². The van der Waals surface area contributed by atoms with Crippen molar-refractivity contribution < 1.29 is 21.6 Å². The number of halogens is 3. The molecule has 0 fully saturated rings. The summed E-state index contributed by atoms with van der Waals surface area (Å²) in [6.45, 7) is 2.31. The van der Waals surface area contributed by atoms with Crippen molar-refractivity contribution in [1.29, 1.82) is 0 Å². The molecular formula is C13H15F3N4O2S. The third kappa shape index (κ3) is 3.63. The molecular weight excluding hydrogens is 333 g/mol. The molecule has 0 aliphatic rings. The molecule has 0 spiro atoms. The molecule has 10 heteroatoms. The Bertz CT molecular complexity index is 760. The van der Waals surface area contributed by atoms with E-state index in [-0.39, 0.29) is 16.8 Å². The van der Waals surface area contributed by atoms with Crippen molar-refractivity contribution in [2.75, 3.05) is 10.8 Å². The zero-order valence-corrected chi connectivity index (χ0v) is 13.2. The van der Waals surface area contributed by atoms with Gasteiger partial charge in [0.25, 0.3) is 16.4 Å². The Kier molecular flexibility index (Phi) is 4.93. The Balaban J connectivity index is 2.53. The van der Waals surface area contributed by atoms with E-state index in [1.807, 2.05) is 0 Å². The molecule has 0 N–H and O–H groups in total. The van der Waals surface area contributed by atoms with Crippen LogP contribution < -0.4 is 4.31 Å². The minimum Gasteiger partial charge on any atom is -0.259 e. The highest BCUT2D eigenvalue weighted by Crippen LogP contribution is 2.25. The third-order valence-electron chi connectivity index (χ3n) is 3.00. The second kappa shape index (κ2) is 6.57. The molecule has 0 atom stereocenters. The highest BCUT2D eigenvalue weighted by molar-refractivity contribution is 7.92. The van der Waals surface area contributed by atoms with E-state index in [9.17, 15) is 21.6 Å². The van der Waals surface area contributed by atoms with Gasteiger partial charge < -0.3 is 0 Å². The van der Waals surface area contributed by atoms with Crippen LogP contribution in [-0.4, -0.2) is 36.4 Å². The Morgan fingerprint density at radius 3 is 2.35 bits per heavy atom. The lowest BCUT2D eigenvalue weighted by Crippen LogP contribution is -2.36. The summed E-state index contributed by atoms with van der Waals surface area (Å²) < 4.78 is 65.9. The van der Waals surface area contributed by atoms with Crippen LogP contribution in [-0.2, 0) is 10.0 Å². The predicted molar refractivity (Wildman–Crippen MR) is 77.3 cm³/mol. The van der Waals surface area contributed by atoms with Gasteiger partial charge in [-0.25, -0.2) is 17.9 Å². The third-order valence-corrected chi connectivity index (χ3v) is 4.77. The number of alkyl halides is 2. The van der Waals surface area contributed by atoms with Gasteiger partial charge in [0.15, 0.2) is 5.03 Å². The number of hydrogen-bond donors (Lipinski definition) is 0. The largest absolute Gasteiger partial charge is 0.283 e. The molecule has 0 bridgehead atoms. The normalized spacial score (nSPS) is 12.1. The molecule has 1 aromatic heterocycles. The van der Waals surface area contributed by atoms with Crippen LogP contribution in [0.1, 0.15) is 19.9 Å². The van der Waals surface area contributed by atoms with Crippen LogP contribution >= 0.6 is 0 Å². The van der Waals surface area contributed by atoms with Crippen molar-refractivity contribution in [3.63, 3.8) is 0 Å². The van der Waals surface area contributed by atoms with Crippen molar-refractivity contribution in [3.05, 3.63) is 36.3 Å². The maximum atomic E-state index is 13.0. The zero-order chi connectivity index (χ0) is 17.2. The van der Waals surface area contributed by atoms with Crippen LogP contribution in [0.15, 0.2) is 35.5 Å². The highest BCUT2D eigenvalue weighted by Gasteiger charge is 2.31. The average molecular weight is 348 g/mol. The second-order valence-corrected chi connectivity index (χ2v) is 6.82. The highest BCUT2D eigenvalue weighted by atomic mass is 32.2. The molecule has 2 rings (SSSR count). The minimum absolute atomic E-state index is 0.0665. The molecule has 0 unspecified atom stereocenters. The fraction of sp³-hybridized carbons (Fsp3) is 0.385. The Labute approximate surface area is 131 Å². The topological polar surface area (TPSA) is 68.1 Å². The molecule has 126 valence electrons. The number of nitrogens with zero attached hydrogens (tertiary/aromatic N) is 4. The predicted octanol–water partition coefficient (Wildman–Crippen LogP) is 2.46. The molecule has 0 saturated carbocycles. The summed E-state index contributed by atoms with van der Waals surface area (Å²) in [5.41, 5.74) is -0.0665. The molecule has 0 radical (unpaired) electrons. The van der Waals surface area contributed by atoms with Gasteiger partial charge in [-0.3, -0.25) is 4.31 Å². The summed E-state index contributed by atoms with van der Waals surface area (Å²) in [7, 11) is -4.33. The molecule has 0 saturated heterocycles. The summed E-state index contributed by atoms with van der Waals surface area (Å²) in [4.78, 5) is 0. The summed E-state index contributed by atoms with van der Waals surface area (Å²) >= 11 is 0. The number of aromatic nitrogens is 3. The molecule has 0 aliphatic heterocycles. The first kappa shape index (κ1) is 17.3. The van der Waals surface area contributed by atoms with E-state index >= 15 is 0 Å². The molecule has 23 heavy (non-hydrogen) atoms. The molecule has 0 aliphatic carbocycles. The molecule has 6 nitrogen and oxygen atoms in total. The molecule has 1 aromatic carbocycles. The maximum absolute atomic E-state index is 13.0. The minimum atomic E-state index is -4.33. The van der Waals surface area contributed by atoms with E-state index in [0.717, 1.165) is 35.1 Å². The summed E-state index contributed by atoms with van der Waals surface area (Å²) in [6, 6.07) is 3.92. The zero-order valence-electron chi connectivity index (χ0n) is 12.4. The van der Waals surface area contributed by atoms with Crippen molar-refractivity contribution in [2.24, 2.45) is 0 Å². The number of hydrogen-bond acceptors (Lipinski definition) is 4. The number of sulfonamides is 1. The van der Waals surface area contributed by atoms with Gasteiger partial charge in [0.1, 0.15) is 5.82 Å².